The molecule has 0 nitrogen and oxygen atoms in total. The number of hydrogen-bond acceptors (Lipinski definition) is 0. The first kappa shape index (κ1) is 18.5. The second-order valence-electron chi connectivity index (χ2n) is 13.5. The van der Waals surface area contributed by atoms with Crippen LogP contribution in [0, 0.1) is 50.7 Å². The van der Waals surface area contributed by atoms with Crippen molar-refractivity contribution in [2.45, 2.75) is 112 Å². The summed E-state index contributed by atoms with van der Waals surface area (Å²) in [6.45, 7) is 15.7. The molecular weight excluding hydrogens is 336 g/mol. The van der Waals surface area contributed by atoms with Gasteiger partial charge in [-0.25, -0.2) is 0 Å². The number of rotatable bonds is 1. The van der Waals surface area contributed by atoms with Crippen molar-refractivity contribution in [1.82, 2.24) is 0 Å². The van der Waals surface area contributed by atoms with Crippen LogP contribution in [0.4, 0.5) is 0 Å². The average Bonchev–Trinajstić information content (AvgIpc) is 2.88. The van der Waals surface area contributed by atoms with Crippen LogP contribution in [0.25, 0.3) is 0 Å². The van der Waals surface area contributed by atoms with Gasteiger partial charge in [0.2, 0.25) is 0 Å². The Labute approximate surface area is 174 Å². The van der Waals surface area contributed by atoms with E-state index in [-0.39, 0.29) is 0 Å². The molecule has 8 unspecified atom stereocenters. The van der Waals surface area contributed by atoms with Crippen LogP contribution in [0.5, 0.6) is 0 Å². The molecule has 0 saturated heterocycles. The maximum atomic E-state index is 2.82. The first-order valence-electron chi connectivity index (χ1n) is 12.9. The highest BCUT2D eigenvalue weighted by Gasteiger charge is 2.92. The standard InChI is InChI=1S/C28H44/c1-18(2)20-8-11-24(4)12-10-22-21(23(20)24)9-14-28-25(22,5)15-16-27(28)17-19(3)7-13-26(27,28)6/h18-19,21-22H,7-17H2,1-6H3. The first-order chi connectivity index (χ1) is 13.2. The van der Waals surface area contributed by atoms with Gasteiger partial charge in [0.05, 0.1) is 0 Å². The van der Waals surface area contributed by atoms with Crippen LogP contribution in [0.2, 0.25) is 0 Å². The fourth-order valence-electron chi connectivity index (χ4n) is 11.9. The lowest BCUT2D eigenvalue weighted by Gasteiger charge is -2.58. The molecule has 0 heterocycles. The molecular formula is C28H44. The van der Waals surface area contributed by atoms with Gasteiger partial charge in [0.25, 0.3) is 0 Å². The van der Waals surface area contributed by atoms with E-state index in [1.54, 1.807) is 32.1 Å². The molecule has 0 N–H and O–H groups in total. The molecule has 28 heavy (non-hydrogen) atoms. The minimum atomic E-state index is 0.562. The Morgan fingerprint density at radius 3 is 2.39 bits per heavy atom. The Morgan fingerprint density at radius 2 is 1.64 bits per heavy atom. The van der Waals surface area contributed by atoms with Crippen LogP contribution in [0.15, 0.2) is 11.1 Å². The third-order valence-electron chi connectivity index (χ3n) is 12.8. The van der Waals surface area contributed by atoms with Gasteiger partial charge in [-0.3, -0.25) is 0 Å². The zero-order valence-corrected chi connectivity index (χ0v) is 19.6. The van der Waals surface area contributed by atoms with Crippen molar-refractivity contribution >= 4 is 0 Å². The van der Waals surface area contributed by atoms with Crippen molar-refractivity contribution in [2.75, 3.05) is 0 Å². The molecule has 0 radical (unpaired) electrons. The van der Waals surface area contributed by atoms with Crippen LogP contribution in [0.1, 0.15) is 112 Å². The van der Waals surface area contributed by atoms with E-state index in [9.17, 15) is 0 Å². The maximum absolute atomic E-state index is 2.82. The minimum absolute atomic E-state index is 0.562. The molecule has 156 valence electrons. The molecule has 0 aliphatic heterocycles. The molecule has 0 aromatic carbocycles. The largest absolute Gasteiger partial charge is 0.0676 e. The van der Waals surface area contributed by atoms with Gasteiger partial charge >= 0.3 is 0 Å². The second kappa shape index (κ2) is 5.13. The van der Waals surface area contributed by atoms with E-state index in [4.69, 9.17) is 0 Å². The normalized spacial score (nSPS) is 59.5. The van der Waals surface area contributed by atoms with Crippen LogP contribution in [0.3, 0.4) is 0 Å². The highest BCUT2D eigenvalue weighted by atomic mass is 15.0. The molecule has 8 atom stereocenters. The van der Waals surface area contributed by atoms with Crippen molar-refractivity contribution in [2.24, 2.45) is 50.7 Å². The molecule has 6 aliphatic carbocycles. The van der Waals surface area contributed by atoms with Gasteiger partial charge < -0.3 is 0 Å². The zero-order chi connectivity index (χ0) is 19.7. The number of allylic oxidation sites excluding steroid dienone is 2. The monoisotopic (exact) mass is 380 g/mol. The quantitative estimate of drug-likeness (QED) is 0.402. The fraction of sp³-hybridized carbons (Fsp3) is 0.929. The number of hydrogen-bond donors (Lipinski definition) is 0. The zero-order valence-electron chi connectivity index (χ0n) is 19.6. The minimum Gasteiger partial charge on any atom is -0.0676 e. The van der Waals surface area contributed by atoms with E-state index < -0.39 is 0 Å². The topological polar surface area (TPSA) is 0 Å². The molecule has 5 fully saturated rings. The molecule has 5 saturated carbocycles. The van der Waals surface area contributed by atoms with Gasteiger partial charge in [-0.1, -0.05) is 59.1 Å². The van der Waals surface area contributed by atoms with Gasteiger partial charge in [0.15, 0.2) is 0 Å². The third-order valence-corrected chi connectivity index (χ3v) is 12.8. The van der Waals surface area contributed by atoms with E-state index in [2.05, 4.69) is 41.5 Å². The molecule has 0 amide bonds. The Balaban J connectivity index is 1.45. The summed E-state index contributed by atoms with van der Waals surface area (Å²) in [6, 6.07) is 0. The molecule has 0 aromatic rings. The van der Waals surface area contributed by atoms with Gasteiger partial charge in [-0.2, -0.15) is 0 Å². The summed E-state index contributed by atoms with van der Waals surface area (Å²) in [5.41, 5.74) is 7.25. The lowest BCUT2D eigenvalue weighted by atomic mass is 9.46. The van der Waals surface area contributed by atoms with E-state index in [0.29, 0.717) is 21.7 Å². The van der Waals surface area contributed by atoms with E-state index in [1.807, 2.05) is 11.1 Å². The van der Waals surface area contributed by atoms with Crippen molar-refractivity contribution in [3.05, 3.63) is 11.1 Å². The number of fused-ring (bicyclic) bond motifs is 4. The summed E-state index contributed by atoms with van der Waals surface area (Å²) >= 11 is 0. The van der Waals surface area contributed by atoms with Crippen molar-refractivity contribution in [3.63, 3.8) is 0 Å². The predicted octanol–water partition coefficient (Wildman–Crippen LogP) is 8.17. The lowest BCUT2D eigenvalue weighted by molar-refractivity contribution is -0.0538. The second-order valence-corrected chi connectivity index (χ2v) is 13.5. The van der Waals surface area contributed by atoms with E-state index in [0.717, 1.165) is 29.1 Å². The molecule has 6 rings (SSSR count). The summed E-state index contributed by atoms with van der Waals surface area (Å²) in [7, 11) is 0. The first-order valence-corrected chi connectivity index (χ1v) is 12.9. The Hall–Kier alpha value is -0.260. The smallest absolute Gasteiger partial charge is 0.0108 e. The maximum Gasteiger partial charge on any atom is -0.0108 e. The van der Waals surface area contributed by atoms with Crippen molar-refractivity contribution < 1.29 is 0 Å². The van der Waals surface area contributed by atoms with Gasteiger partial charge in [-0.05, 0) is 115 Å². The third kappa shape index (κ3) is 1.65. The average molecular weight is 381 g/mol. The summed E-state index contributed by atoms with van der Waals surface area (Å²) in [6.07, 6.45) is 16.7. The van der Waals surface area contributed by atoms with Gasteiger partial charge in [-0.15, -0.1) is 0 Å². The van der Waals surface area contributed by atoms with E-state index >= 15 is 0 Å². The predicted molar refractivity (Wildman–Crippen MR) is 118 cm³/mol. The molecule has 0 heteroatoms. The highest BCUT2D eigenvalue weighted by Crippen LogP contribution is 2.98. The van der Waals surface area contributed by atoms with Crippen LogP contribution in [-0.2, 0) is 0 Å². The summed E-state index contributed by atoms with van der Waals surface area (Å²) in [5.74, 6) is 3.68. The van der Waals surface area contributed by atoms with Crippen LogP contribution >= 0.6 is 0 Å². The van der Waals surface area contributed by atoms with Crippen LogP contribution < -0.4 is 0 Å². The Kier molecular flexibility index (Phi) is 3.39. The van der Waals surface area contributed by atoms with Gasteiger partial charge in [0.1, 0.15) is 0 Å². The summed E-state index contributed by atoms with van der Waals surface area (Å²) in [5, 5.41) is 0. The summed E-state index contributed by atoms with van der Waals surface area (Å²) < 4.78 is 0. The SMILES string of the molecule is CC1CCC2(C)C3(CCC4(C)C5CCC6(C)CCC(C(C)C)=C6C5CCC423)C1. The van der Waals surface area contributed by atoms with Crippen LogP contribution in [-0.4, -0.2) is 0 Å². The Morgan fingerprint density at radius 1 is 0.857 bits per heavy atom. The lowest BCUT2D eigenvalue weighted by Crippen LogP contribution is -2.50. The fourth-order valence-corrected chi connectivity index (χ4v) is 11.9. The molecule has 0 bridgehead atoms. The molecule has 0 aromatic heterocycles. The van der Waals surface area contributed by atoms with E-state index in [1.165, 1.54) is 38.5 Å². The van der Waals surface area contributed by atoms with Crippen molar-refractivity contribution in [1.29, 1.82) is 0 Å². The van der Waals surface area contributed by atoms with Crippen molar-refractivity contribution in [3.8, 4) is 0 Å². The molecule has 2 spiro atoms. The van der Waals surface area contributed by atoms with Gasteiger partial charge in [0, 0.05) is 0 Å². The highest BCUT2D eigenvalue weighted by molar-refractivity contribution is 5.43. The summed E-state index contributed by atoms with van der Waals surface area (Å²) in [4.78, 5) is 0. The Bertz CT molecular complexity index is 758. The molecule has 6 aliphatic rings.